The third-order valence-corrected chi connectivity index (χ3v) is 3.65. The molecule has 0 aliphatic heterocycles. The van der Waals surface area contributed by atoms with Crippen LogP contribution in [0.2, 0.25) is 5.02 Å². The zero-order valence-corrected chi connectivity index (χ0v) is 12.6. The van der Waals surface area contributed by atoms with Crippen LogP contribution in [0.3, 0.4) is 0 Å². The maximum atomic E-state index is 14.0. The summed E-state index contributed by atoms with van der Waals surface area (Å²) in [5.74, 6) is -2.29. The zero-order chi connectivity index (χ0) is 16.6. The largest absolute Gasteiger partial charge is 0.465 e. The third kappa shape index (κ3) is 2.61. The van der Waals surface area contributed by atoms with Crippen LogP contribution in [0.15, 0.2) is 36.8 Å². The van der Waals surface area contributed by atoms with E-state index in [1.807, 2.05) is 0 Å². The highest BCUT2D eigenvalue weighted by Gasteiger charge is 2.18. The number of esters is 1. The van der Waals surface area contributed by atoms with Crippen molar-refractivity contribution in [3.63, 3.8) is 0 Å². The molecule has 0 amide bonds. The topological polar surface area (TPSA) is 52.1 Å². The Morgan fingerprint density at radius 3 is 2.48 bits per heavy atom. The second-order valence-corrected chi connectivity index (χ2v) is 5.09. The third-order valence-electron chi connectivity index (χ3n) is 3.35. The number of benzene rings is 1. The Morgan fingerprint density at radius 1 is 1.13 bits per heavy atom. The molecule has 0 N–H and O–H groups in total. The van der Waals surface area contributed by atoms with E-state index in [0.717, 1.165) is 12.4 Å². The molecule has 7 heteroatoms. The minimum atomic E-state index is -0.857. The van der Waals surface area contributed by atoms with E-state index >= 15 is 0 Å². The molecule has 3 rings (SSSR count). The van der Waals surface area contributed by atoms with E-state index in [0.29, 0.717) is 15.8 Å². The number of fused-ring (bicyclic) bond motifs is 1. The van der Waals surface area contributed by atoms with Gasteiger partial charge in [-0.05, 0) is 12.1 Å². The zero-order valence-electron chi connectivity index (χ0n) is 11.8. The van der Waals surface area contributed by atoms with Gasteiger partial charge in [-0.1, -0.05) is 17.7 Å². The molecule has 0 atom stereocenters. The maximum Gasteiger partial charge on any atom is 0.337 e. The molecule has 2 heterocycles. The number of methoxy groups -OCH3 is 1. The number of hydrogen-bond donors (Lipinski definition) is 0. The highest BCUT2D eigenvalue weighted by Crippen LogP contribution is 2.34. The summed E-state index contributed by atoms with van der Waals surface area (Å²) in [5.41, 5.74) is -0.0728. The Labute approximate surface area is 134 Å². The number of nitrogens with zero attached hydrogens (tertiary/aromatic N) is 2. The van der Waals surface area contributed by atoms with Crippen molar-refractivity contribution in [1.82, 2.24) is 9.97 Å². The summed E-state index contributed by atoms with van der Waals surface area (Å²) in [6.45, 7) is 0. The van der Waals surface area contributed by atoms with Gasteiger partial charge in [-0.15, -0.1) is 0 Å². The molecule has 3 aromatic rings. The van der Waals surface area contributed by atoms with E-state index in [4.69, 9.17) is 11.6 Å². The van der Waals surface area contributed by atoms with Gasteiger partial charge in [0.15, 0.2) is 11.6 Å². The van der Waals surface area contributed by atoms with Gasteiger partial charge in [0.1, 0.15) is 0 Å². The number of carbonyl (C=O) groups excluding carboxylic acids is 1. The first-order chi connectivity index (χ1) is 11.0. The van der Waals surface area contributed by atoms with E-state index in [-0.39, 0.29) is 16.8 Å². The Balaban J connectivity index is 2.37. The van der Waals surface area contributed by atoms with E-state index in [9.17, 15) is 13.6 Å². The number of aromatic nitrogens is 2. The van der Waals surface area contributed by atoms with Crippen molar-refractivity contribution in [2.24, 2.45) is 0 Å². The second kappa shape index (κ2) is 5.89. The minimum Gasteiger partial charge on any atom is -0.465 e. The van der Waals surface area contributed by atoms with Crippen molar-refractivity contribution in [2.45, 2.75) is 0 Å². The van der Waals surface area contributed by atoms with Gasteiger partial charge in [-0.2, -0.15) is 0 Å². The number of ether oxygens (including phenoxy) is 1. The summed E-state index contributed by atoms with van der Waals surface area (Å²) in [5, 5.41) is 1.15. The lowest BCUT2D eigenvalue weighted by Crippen LogP contribution is -2.02. The standard InChI is InChI=1S/C16H9ClF2N2O2/c1-23-16(22)8-2-3-9-10(4-8)15(21-5-11(9)17)14-12(18)6-20-7-13(14)19/h2-7H,1H3. The summed E-state index contributed by atoms with van der Waals surface area (Å²) in [7, 11) is 1.24. The molecule has 2 aromatic heterocycles. The maximum absolute atomic E-state index is 14.0. The molecule has 0 unspecified atom stereocenters. The van der Waals surface area contributed by atoms with Gasteiger partial charge in [-0.3, -0.25) is 9.97 Å². The van der Waals surface area contributed by atoms with E-state index in [1.165, 1.54) is 25.4 Å². The molecule has 116 valence electrons. The monoisotopic (exact) mass is 334 g/mol. The lowest BCUT2D eigenvalue weighted by molar-refractivity contribution is 0.0601. The van der Waals surface area contributed by atoms with Gasteiger partial charge in [0.05, 0.1) is 41.3 Å². The Morgan fingerprint density at radius 2 is 1.83 bits per heavy atom. The smallest absolute Gasteiger partial charge is 0.337 e. The van der Waals surface area contributed by atoms with Crippen LogP contribution in [-0.2, 0) is 4.74 Å². The fraction of sp³-hybridized carbons (Fsp3) is 0.0625. The highest BCUT2D eigenvalue weighted by molar-refractivity contribution is 6.35. The lowest BCUT2D eigenvalue weighted by Gasteiger charge is -2.10. The molecule has 0 radical (unpaired) electrons. The number of carbonyl (C=O) groups is 1. The van der Waals surface area contributed by atoms with Crippen molar-refractivity contribution >= 4 is 28.3 Å². The molecule has 23 heavy (non-hydrogen) atoms. The first-order valence-corrected chi connectivity index (χ1v) is 6.86. The summed E-state index contributed by atoms with van der Waals surface area (Å²) < 4.78 is 32.7. The molecule has 0 spiro atoms. The first kappa shape index (κ1) is 15.3. The number of rotatable bonds is 2. The first-order valence-electron chi connectivity index (χ1n) is 6.49. The van der Waals surface area contributed by atoms with Crippen LogP contribution < -0.4 is 0 Å². The number of hydrogen-bond acceptors (Lipinski definition) is 4. The predicted octanol–water partition coefficient (Wildman–Crippen LogP) is 4.02. The van der Waals surface area contributed by atoms with Crippen molar-refractivity contribution < 1.29 is 18.3 Å². The van der Waals surface area contributed by atoms with Crippen molar-refractivity contribution in [3.05, 3.63) is 59.0 Å². The minimum absolute atomic E-state index is 0.0348. The average Bonchev–Trinajstić information content (AvgIpc) is 2.55. The highest BCUT2D eigenvalue weighted by atomic mass is 35.5. The Hall–Kier alpha value is -2.60. The van der Waals surface area contributed by atoms with Gasteiger partial charge in [0.2, 0.25) is 0 Å². The predicted molar refractivity (Wildman–Crippen MR) is 81.2 cm³/mol. The Kier molecular flexibility index (Phi) is 3.92. The summed E-state index contributed by atoms with van der Waals surface area (Å²) in [4.78, 5) is 19.2. The molecular formula is C16H9ClF2N2O2. The molecule has 0 fully saturated rings. The molecule has 0 saturated heterocycles. The van der Waals surface area contributed by atoms with Gasteiger partial charge < -0.3 is 4.74 Å². The van der Waals surface area contributed by atoms with E-state index in [1.54, 1.807) is 6.07 Å². The molecular weight excluding hydrogens is 326 g/mol. The van der Waals surface area contributed by atoms with E-state index < -0.39 is 17.6 Å². The van der Waals surface area contributed by atoms with E-state index in [2.05, 4.69) is 14.7 Å². The average molecular weight is 335 g/mol. The molecule has 4 nitrogen and oxygen atoms in total. The Bertz CT molecular complexity index is 911. The molecule has 0 aliphatic carbocycles. The van der Waals surface area contributed by atoms with Crippen LogP contribution in [0.5, 0.6) is 0 Å². The summed E-state index contributed by atoms with van der Waals surface area (Å²) >= 11 is 6.08. The van der Waals surface area contributed by atoms with Crippen molar-refractivity contribution in [1.29, 1.82) is 0 Å². The lowest BCUT2D eigenvalue weighted by atomic mass is 10.0. The fourth-order valence-electron chi connectivity index (χ4n) is 2.29. The SMILES string of the molecule is COC(=O)c1ccc2c(Cl)cnc(-c3c(F)cncc3F)c2c1. The normalized spacial score (nSPS) is 10.8. The van der Waals surface area contributed by atoms with Crippen LogP contribution in [0, 0.1) is 11.6 Å². The fourth-order valence-corrected chi connectivity index (χ4v) is 2.50. The van der Waals surface area contributed by atoms with Crippen LogP contribution in [0.1, 0.15) is 10.4 Å². The van der Waals surface area contributed by atoms with Crippen molar-refractivity contribution in [2.75, 3.05) is 7.11 Å². The van der Waals surface area contributed by atoms with Gasteiger partial charge >= 0.3 is 5.97 Å². The molecule has 0 aliphatic rings. The second-order valence-electron chi connectivity index (χ2n) is 4.68. The van der Waals surface area contributed by atoms with Gasteiger partial charge in [0.25, 0.3) is 0 Å². The number of halogens is 3. The van der Waals surface area contributed by atoms with Crippen LogP contribution in [-0.4, -0.2) is 23.0 Å². The van der Waals surface area contributed by atoms with Crippen LogP contribution >= 0.6 is 11.6 Å². The molecule has 0 saturated carbocycles. The quantitative estimate of drug-likeness (QED) is 0.664. The van der Waals surface area contributed by atoms with Crippen molar-refractivity contribution in [3.8, 4) is 11.3 Å². The molecule has 1 aromatic carbocycles. The van der Waals surface area contributed by atoms with Crippen LogP contribution in [0.25, 0.3) is 22.0 Å². The van der Waals surface area contributed by atoms with Crippen LogP contribution in [0.4, 0.5) is 8.78 Å². The summed E-state index contributed by atoms with van der Waals surface area (Å²) in [6, 6.07) is 4.53. The summed E-state index contributed by atoms with van der Waals surface area (Å²) in [6.07, 6.45) is 3.09. The van der Waals surface area contributed by atoms with Gasteiger partial charge in [0, 0.05) is 17.0 Å². The number of pyridine rings is 2. The van der Waals surface area contributed by atoms with Gasteiger partial charge in [-0.25, -0.2) is 13.6 Å². The molecule has 0 bridgehead atoms.